The summed E-state index contributed by atoms with van der Waals surface area (Å²) in [5.41, 5.74) is 4.86. The lowest BCUT2D eigenvalue weighted by atomic mass is 9.95. The lowest BCUT2D eigenvalue weighted by Gasteiger charge is -2.38. The number of nitrogens with one attached hydrogen (secondary N) is 1. The van der Waals surface area contributed by atoms with Gasteiger partial charge in [-0.25, -0.2) is 0 Å². The Morgan fingerprint density at radius 2 is 2.00 bits per heavy atom. The van der Waals surface area contributed by atoms with Crippen molar-refractivity contribution in [3.05, 3.63) is 47.8 Å². The molecular formula is C26H37N3O4. The topological polar surface area (TPSA) is 83.9 Å². The van der Waals surface area contributed by atoms with Gasteiger partial charge >= 0.3 is 5.97 Å². The van der Waals surface area contributed by atoms with Crippen LogP contribution < -0.4 is 10.2 Å². The Bertz CT molecular complexity index is 895. The average Bonchev–Trinajstić information content (AvgIpc) is 2.79. The van der Waals surface area contributed by atoms with Gasteiger partial charge in [-0.1, -0.05) is 26.8 Å². The Balaban J connectivity index is 1.98. The monoisotopic (exact) mass is 455 g/mol. The van der Waals surface area contributed by atoms with Gasteiger partial charge in [-0.05, 0) is 54.5 Å². The van der Waals surface area contributed by atoms with Gasteiger partial charge in [0.15, 0.2) is 0 Å². The zero-order valence-corrected chi connectivity index (χ0v) is 20.2. The van der Waals surface area contributed by atoms with E-state index in [1.54, 1.807) is 7.11 Å². The van der Waals surface area contributed by atoms with Gasteiger partial charge in [-0.3, -0.25) is 9.78 Å². The Morgan fingerprint density at radius 3 is 2.61 bits per heavy atom. The number of carboxylic acids is 1. The highest BCUT2D eigenvalue weighted by molar-refractivity contribution is 5.77. The van der Waals surface area contributed by atoms with E-state index >= 15 is 0 Å². The van der Waals surface area contributed by atoms with Crippen LogP contribution in [0.2, 0.25) is 0 Å². The Morgan fingerprint density at radius 1 is 1.24 bits per heavy atom. The fourth-order valence-corrected chi connectivity index (χ4v) is 4.31. The molecule has 180 valence electrons. The molecule has 0 unspecified atom stereocenters. The molecular weight excluding hydrogens is 418 g/mol. The Labute approximate surface area is 197 Å². The fourth-order valence-electron chi connectivity index (χ4n) is 4.31. The van der Waals surface area contributed by atoms with Gasteiger partial charge in [-0.15, -0.1) is 0 Å². The van der Waals surface area contributed by atoms with Gasteiger partial charge in [0.25, 0.3) is 0 Å². The van der Waals surface area contributed by atoms with Crippen molar-refractivity contribution in [1.82, 2.24) is 4.98 Å². The highest BCUT2D eigenvalue weighted by Gasteiger charge is 2.25. The summed E-state index contributed by atoms with van der Waals surface area (Å²) in [6.45, 7) is 9.40. The van der Waals surface area contributed by atoms with Crippen molar-refractivity contribution in [3.8, 4) is 0 Å². The molecule has 0 bridgehead atoms. The second kappa shape index (κ2) is 12.0. The first kappa shape index (κ1) is 25.0. The first-order valence-electron chi connectivity index (χ1n) is 11.8. The number of carbonyl (C=O) groups is 1. The lowest BCUT2D eigenvalue weighted by Crippen LogP contribution is -2.42. The smallest absolute Gasteiger partial charge is 0.303 e. The molecule has 0 saturated carbocycles. The van der Waals surface area contributed by atoms with E-state index in [0.29, 0.717) is 18.6 Å². The molecule has 1 aromatic heterocycles. The summed E-state index contributed by atoms with van der Waals surface area (Å²) in [5, 5.41) is 12.8. The number of carboxylic acid groups (broad SMARTS) is 1. The molecule has 2 N–H and O–H groups in total. The third-order valence-corrected chi connectivity index (χ3v) is 5.97. The number of pyridine rings is 1. The van der Waals surface area contributed by atoms with Crippen molar-refractivity contribution in [3.63, 3.8) is 0 Å². The number of hydrogen-bond acceptors (Lipinski definition) is 6. The zero-order valence-electron chi connectivity index (χ0n) is 20.2. The summed E-state index contributed by atoms with van der Waals surface area (Å²) in [6, 6.07) is 10.7. The average molecular weight is 456 g/mol. The second-order valence-electron chi connectivity index (χ2n) is 9.26. The second-order valence-corrected chi connectivity index (χ2v) is 9.26. The number of aliphatic carboxylic acids is 1. The first-order valence-corrected chi connectivity index (χ1v) is 11.8. The quantitative estimate of drug-likeness (QED) is 0.482. The minimum absolute atomic E-state index is 0.0825. The van der Waals surface area contributed by atoms with Gasteiger partial charge in [-0.2, -0.15) is 0 Å². The highest BCUT2D eigenvalue weighted by atomic mass is 16.5. The first-order chi connectivity index (χ1) is 15.9. The Kier molecular flexibility index (Phi) is 9.09. The molecule has 0 aliphatic carbocycles. The fraction of sp³-hybridized carbons (Fsp3) is 0.538. The molecule has 0 radical (unpaired) electrons. The van der Waals surface area contributed by atoms with Crippen molar-refractivity contribution < 1.29 is 19.4 Å². The molecule has 1 saturated heterocycles. The van der Waals surface area contributed by atoms with E-state index in [4.69, 9.17) is 9.47 Å². The van der Waals surface area contributed by atoms with E-state index in [2.05, 4.69) is 47.2 Å². The molecule has 2 heterocycles. The number of benzene rings is 1. The van der Waals surface area contributed by atoms with Crippen LogP contribution in [0, 0.1) is 5.92 Å². The molecule has 0 amide bonds. The molecule has 1 aliphatic heterocycles. The number of aromatic nitrogens is 1. The Hall–Kier alpha value is -2.64. The molecule has 1 atom stereocenters. The lowest BCUT2D eigenvalue weighted by molar-refractivity contribution is -0.137. The van der Waals surface area contributed by atoms with E-state index in [9.17, 15) is 9.90 Å². The zero-order chi connectivity index (χ0) is 23.8. The van der Waals surface area contributed by atoms with Crippen LogP contribution in [0.1, 0.15) is 57.2 Å². The van der Waals surface area contributed by atoms with Gasteiger partial charge in [0.1, 0.15) is 0 Å². The summed E-state index contributed by atoms with van der Waals surface area (Å²) >= 11 is 0. The maximum absolute atomic E-state index is 11.3. The molecule has 33 heavy (non-hydrogen) atoms. The molecule has 2 aromatic rings. The van der Waals surface area contributed by atoms with Crippen LogP contribution in [-0.4, -0.2) is 49.0 Å². The standard InChI is InChI=1S/C26H37N3O4/c1-18(2)16-29(23-9-11-33-12-10-23)25-8-5-20(19(3)13-26(30)31)14-24(25)28-21-6-7-22(17-32-4)27-15-21/h5-8,14-15,18-19,23,28H,9-13,16-17H2,1-4H3,(H,30,31)/t19-/m1/s1. The van der Waals surface area contributed by atoms with Gasteiger partial charge in [0.2, 0.25) is 0 Å². The molecule has 3 rings (SSSR count). The number of nitrogens with zero attached hydrogens (tertiary/aromatic N) is 2. The summed E-state index contributed by atoms with van der Waals surface area (Å²) in [5.74, 6) is -0.370. The minimum atomic E-state index is -0.789. The summed E-state index contributed by atoms with van der Waals surface area (Å²) in [6.07, 6.45) is 3.90. The van der Waals surface area contributed by atoms with Crippen molar-refractivity contribution >= 4 is 23.0 Å². The van der Waals surface area contributed by atoms with Crippen LogP contribution in [0.5, 0.6) is 0 Å². The van der Waals surface area contributed by atoms with Gasteiger partial charge in [0.05, 0.1) is 42.0 Å². The minimum Gasteiger partial charge on any atom is -0.481 e. The molecule has 7 nitrogen and oxygen atoms in total. The highest BCUT2D eigenvalue weighted by Crippen LogP contribution is 2.36. The number of ether oxygens (including phenoxy) is 2. The van der Waals surface area contributed by atoms with Crippen molar-refractivity contribution in [2.24, 2.45) is 5.92 Å². The molecule has 1 fully saturated rings. The van der Waals surface area contributed by atoms with Gasteiger partial charge in [0, 0.05) is 32.9 Å². The molecule has 0 spiro atoms. The maximum atomic E-state index is 11.3. The van der Waals surface area contributed by atoms with Crippen LogP contribution in [0.4, 0.5) is 17.1 Å². The summed E-state index contributed by atoms with van der Waals surface area (Å²) in [4.78, 5) is 18.3. The van der Waals surface area contributed by atoms with E-state index < -0.39 is 5.97 Å². The van der Waals surface area contributed by atoms with Gasteiger partial charge < -0.3 is 24.8 Å². The largest absolute Gasteiger partial charge is 0.481 e. The SMILES string of the molecule is COCc1ccc(Nc2cc([C@H](C)CC(=O)O)ccc2N(CC(C)C)C2CCOCC2)cn1. The number of anilines is 3. The van der Waals surface area contributed by atoms with Crippen LogP contribution in [0.25, 0.3) is 0 Å². The van der Waals surface area contributed by atoms with E-state index in [-0.39, 0.29) is 12.3 Å². The van der Waals surface area contributed by atoms with Crippen LogP contribution in [0.3, 0.4) is 0 Å². The summed E-state index contributed by atoms with van der Waals surface area (Å²) in [7, 11) is 1.66. The third kappa shape index (κ3) is 7.17. The van der Waals surface area contributed by atoms with Crippen molar-refractivity contribution in [2.75, 3.05) is 37.1 Å². The normalized spacial score (nSPS) is 15.4. The van der Waals surface area contributed by atoms with E-state index in [1.807, 2.05) is 25.3 Å². The third-order valence-electron chi connectivity index (χ3n) is 5.97. The molecule has 7 heteroatoms. The van der Waals surface area contributed by atoms with Crippen LogP contribution in [-0.2, 0) is 20.9 Å². The van der Waals surface area contributed by atoms with Crippen molar-refractivity contribution in [2.45, 2.75) is 58.6 Å². The van der Waals surface area contributed by atoms with E-state index in [0.717, 1.165) is 60.9 Å². The predicted molar refractivity (Wildman–Crippen MR) is 131 cm³/mol. The van der Waals surface area contributed by atoms with E-state index in [1.165, 1.54) is 0 Å². The predicted octanol–water partition coefficient (Wildman–Crippen LogP) is 5.19. The van der Waals surface area contributed by atoms with Crippen LogP contribution in [0.15, 0.2) is 36.5 Å². The molecule has 1 aliphatic rings. The van der Waals surface area contributed by atoms with Crippen LogP contribution >= 0.6 is 0 Å². The number of methoxy groups -OCH3 is 1. The maximum Gasteiger partial charge on any atom is 0.303 e. The number of hydrogen-bond donors (Lipinski definition) is 2. The van der Waals surface area contributed by atoms with Crippen molar-refractivity contribution in [1.29, 1.82) is 0 Å². The summed E-state index contributed by atoms with van der Waals surface area (Å²) < 4.78 is 10.8. The molecule has 1 aromatic carbocycles. The number of rotatable bonds is 11.